The van der Waals surface area contributed by atoms with Gasteiger partial charge in [-0.1, -0.05) is 0 Å². The van der Waals surface area contributed by atoms with Crippen LogP contribution in [0.25, 0.3) is 0 Å². The number of likely N-dealkylation sites (tertiary alicyclic amines) is 1. The van der Waals surface area contributed by atoms with E-state index in [2.05, 4.69) is 0 Å². The van der Waals surface area contributed by atoms with E-state index in [-0.39, 0.29) is 36.0 Å². The Kier molecular flexibility index (Phi) is 2.89. The molecular formula is C14H20N2O3. The summed E-state index contributed by atoms with van der Waals surface area (Å²) in [4.78, 5) is 25.7. The van der Waals surface area contributed by atoms with E-state index in [0.717, 1.165) is 32.1 Å². The molecule has 19 heavy (non-hydrogen) atoms. The van der Waals surface area contributed by atoms with Gasteiger partial charge in [-0.05, 0) is 39.0 Å². The van der Waals surface area contributed by atoms with Gasteiger partial charge in [-0.2, -0.15) is 0 Å². The summed E-state index contributed by atoms with van der Waals surface area (Å²) in [5.74, 6) is -0.182. The fourth-order valence-electron chi connectivity index (χ4n) is 3.73. The Balaban J connectivity index is 1.83. The topological polar surface area (TPSA) is 72.6 Å². The van der Waals surface area contributed by atoms with Crippen molar-refractivity contribution < 1.29 is 14.3 Å². The second-order valence-electron chi connectivity index (χ2n) is 6.09. The summed E-state index contributed by atoms with van der Waals surface area (Å²) in [6, 6.07) is 0.376. The number of hydrogen-bond acceptors (Lipinski definition) is 4. The van der Waals surface area contributed by atoms with E-state index < -0.39 is 0 Å². The molecule has 0 aromatic carbocycles. The maximum Gasteiger partial charge on any atom is 0.333 e. The van der Waals surface area contributed by atoms with E-state index in [1.807, 2.05) is 6.92 Å². The van der Waals surface area contributed by atoms with Crippen LogP contribution in [0.5, 0.6) is 0 Å². The summed E-state index contributed by atoms with van der Waals surface area (Å²) in [5, 5.41) is 0. The van der Waals surface area contributed by atoms with E-state index in [0.29, 0.717) is 5.70 Å². The largest absolute Gasteiger partial charge is 0.456 e. The van der Waals surface area contributed by atoms with Gasteiger partial charge in [0.2, 0.25) is 5.91 Å². The van der Waals surface area contributed by atoms with Gasteiger partial charge in [0.25, 0.3) is 0 Å². The summed E-state index contributed by atoms with van der Waals surface area (Å²) in [7, 11) is 0. The summed E-state index contributed by atoms with van der Waals surface area (Å²) in [5.41, 5.74) is 6.41. The normalized spacial score (nSPS) is 38.8. The Morgan fingerprint density at radius 1 is 1.37 bits per heavy atom. The predicted molar refractivity (Wildman–Crippen MR) is 68.8 cm³/mol. The highest BCUT2D eigenvalue weighted by molar-refractivity contribution is 5.91. The van der Waals surface area contributed by atoms with Crippen LogP contribution >= 0.6 is 0 Å². The molecule has 5 nitrogen and oxygen atoms in total. The summed E-state index contributed by atoms with van der Waals surface area (Å²) in [6.07, 6.45) is 5.89. The number of amides is 1. The molecule has 1 spiro atoms. The second-order valence-corrected chi connectivity index (χ2v) is 6.09. The van der Waals surface area contributed by atoms with Crippen molar-refractivity contribution in [1.29, 1.82) is 0 Å². The molecule has 0 radical (unpaired) electrons. The van der Waals surface area contributed by atoms with Crippen molar-refractivity contribution in [3.8, 4) is 0 Å². The summed E-state index contributed by atoms with van der Waals surface area (Å²) < 4.78 is 4.92. The molecule has 1 aliphatic carbocycles. The molecule has 1 atom stereocenters. The predicted octanol–water partition coefficient (Wildman–Crippen LogP) is 0.936. The van der Waals surface area contributed by atoms with Gasteiger partial charge >= 0.3 is 5.97 Å². The first kappa shape index (κ1) is 12.7. The Morgan fingerprint density at radius 3 is 2.63 bits per heavy atom. The SMILES string of the molecule is C[C@H]1CC2(CCC(N)CC2)C(=O)N1C1=CC(=O)OC1. The van der Waals surface area contributed by atoms with E-state index in [4.69, 9.17) is 10.5 Å². The van der Waals surface area contributed by atoms with Crippen molar-refractivity contribution in [2.45, 2.75) is 51.1 Å². The third kappa shape index (κ3) is 1.96. The second kappa shape index (κ2) is 4.34. The van der Waals surface area contributed by atoms with Gasteiger partial charge in [-0.3, -0.25) is 4.79 Å². The molecule has 3 aliphatic rings. The average molecular weight is 264 g/mol. The lowest BCUT2D eigenvalue weighted by atomic mass is 9.71. The maximum atomic E-state index is 12.8. The van der Waals surface area contributed by atoms with E-state index in [9.17, 15) is 9.59 Å². The number of hydrogen-bond donors (Lipinski definition) is 1. The number of nitrogens with two attached hydrogens (primary N) is 1. The molecule has 1 saturated carbocycles. The van der Waals surface area contributed by atoms with Gasteiger partial charge < -0.3 is 15.4 Å². The fourth-order valence-corrected chi connectivity index (χ4v) is 3.73. The van der Waals surface area contributed by atoms with Crippen LogP contribution in [0.2, 0.25) is 0 Å². The maximum absolute atomic E-state index is 12.8. The highest BCUT2D eigenvalue weighted by Crippen LogP contribution is 2.48. The van der Waals surface area contributed by atoms with Gasteiger partial charge in [-0.15, -0.1) is 0 Å². The van der Waals surface area contributed by atoms with Crippen LogP contribution in [0.1, 0.15) is 39.0 Å². The molecule has 2 heterocycles. The van der Waals surface area contributed by atoms with Gasteiger partial charge in [0.1, 0.15) is 6.61 Å². The van der Waals surface area contributed by atoms with Gasteiger partial charge in [0.05, 0.1) is 11.1 Å². The average Bonchev–Trinajstić information content (AvgIpc) is 2.87. The fraction of sp³-hybridized carbons (Fsp3) is 0.714. The molecular weight excluding hydrogens is 244 g/mol. The van der Waals surface area contributed by atoms with E-state index in [1.165, 1.54) is 6.08 Å². The van der Waals surface area contributed by atoms with Crippen molar-refractivity contribution in [1.82, 2.24) is 4.90 Å². The molecule has 2 N–H and O–H groups in total. The lowest BCUT2D eigenvalue weighted by Crippen LogP contribution is -2.40. The molecule has 0 bridgehead atoms. The van der Waals surface area contributed by atoms with Crippen molar-refractivity contribution >= 4 is 11.9 Å². The van der Waals surface area contributed by atoms with Crippen LogP contribution in [-0.4, -0.2) is 35.5 Å². The Labute approximate surface area is 112 Å². The molecule has 5 heteroatoms. The molecule has 104 valence electrons. The van der Waals surface area contributed by atoms with Crippen molar-refractivity contribution in [2.75, 3.05) is 6.61 Å². The third-order valence-electron chi connectivity index (χ3n) is 4.74. The zero-order chi connectivity index (χ0) is 13.6. The number of nitrogens with zero attached hydrogens (tertiary/aromatic N) is 1. The highest BCUT2D eigenvalue weighted by atomic mass is 16.5. The van der Waals surface area contributed by atoms with E-state index in [1.54, 1.807) is 4.90 Å². The molecule has 2 aliphatic heterocycles. The molecule has 2 fully saturated rings. The van der Waals surface area contributed by atoms with Crippen LogP contribution in [0.15, 0.2) is 11.8 Å². The molecule has 1 saturated heterocycles. The first-order valence-electron chi connectivity index (χ1n) is 6.98. The summed E-state index contributed by atoms with van der Waals surface area (Å²) >= 11 is 0. The zero-order valence-corrected chi connectivity index (χ0v) is 11.2. The molecule has 0 unspecified atom stereocenters. The quantitative estimate of drug-likeness (QED) is 0.715. The molecule has 3 rings (SSSR count). The third-order valence-corrected chi connectivity index (χ3v) is 4.74. The van der Waals surface area contributed by atoms with Crippen LogP contribution in [0.3, 0.4) is 0 Å². The number of cyclic esters (lactones) is 1. The standard InChI is InChI=1S/C14H20N2O3/c1-9-7-14(4-2-10(15)3-5-14)13(18)16(9)11-6-12(17)19-8-11/h6,9-10H,2-5,7-8,15H2,1H3/t9-,10?,14?/m0/s1. The molecule has 0 aromatic heterocycles. The van der Waals surface area contributed by atoms with Crippen LogP contribution in [0, 0.1) is 5.41 Å². The minimum absolute atomic E-state index is 0.141. The number of ether oxygens (including phenoxy) is 1. The van der Waals surface area contributed by atoms with Gasteiger partial charge in [-0.25, -0.2) is 4.79 Å². The van der Waals surface area contributed by atoms with Crippen LogP contribution < -0.4 is 5.73 Å². The van der Waals surface area contributed by atoms with Crippen LogP contribution in [0.4, 0.5) is 0 Å². The number of rotatable bonds is 1. The van der Waals surface area contributed by atoms with Crippen molar-refractivity contribution in [3.63, 3.8) is 0 Å². The highest BCUT2D eigenvalue weighted by Gasteiger charge is 2.52. The van der Waals surface area contributed by atoms with Gasteiger partial charge in [0.15, 0.2) is 0 Å². The zero-order valence-electron chi connectivity index (χ0n) is 11.2. The number of carbonyl (C=O) groups is 2. The van der Waals surface area contributed by atoms with Crippen molar-refractivity contribution in [2.24, 2.45) is 11.1 Å². The van der Waals surface area contributed by atoms with Crippen LogP contribution in [-0.2, 0) is 14.3 Å². The molecule has 1 amide bonds. The Bertz CT molecular complexity index is 450. The summed E-state index contributed by atoms with van der Waals surface area (Å²) in [6.45, 7) is 2.27. The monoisotopic (exact) mass is 264 g/mol. The lowest BCUT2D eigenvalue weighted by molar-refractivity contribution is -0.138. The smallest absolute Gasteiger partial charge is 0.333 e. The minimum atomic E-state index is -0.346. The van der Waals surface area contributed by atoms with Gasteiger partial charge in [0, 0.05) is 18.2 Å². The number of esters is 1. The molecule has 0 aromatic rings. The van der Waals surface area contributed by atoms with Crippen molar-refractivity contribution in [3.05, 3.63) is 11.8 Å². The Morgan fingerprint density at radius 2 is 2.05 bits per heavy atom. The Hall–Kier alpha value is -1.36. The first-order valence-corrected chi connectivity index (χ1v) is 6.98. The number of carbonyl (C=O) groups excluding carboxylic acids is 2. The van der Waals surface area contributed by atoms with E-state index >= 15 is 0 Å². The lowest BCUT2D eigenvalue weighted by Gasteiger charge is -2.34. The first-order chi connectivity index (χ1) is 9.02. The minimum Gasteiger partial charge on any atom is -0.456 e.